The standard InChI is InChI=1S/C19H18N2O4/c1-21-18(22)17(25-19(21)20-14-7-5-4-6-8-14)11-13-9-10-15(23-2)12-16(13)24-3/h4-12H,1-3H3/b17-11+,20-19+. The molecule has 1 saturated heterocycles. The number of amidine groups is 1. The Labute approximate surface area is 146 Å². The van der Waals surface area contributed by atoms with Gasteiger partial charge in [0.2, 0.25) is 0 Å². The lowest BCUT2D eigenvalue weighted by Crippen LogP contribution is -2.24. The first-order valence-electron chi connectivity index (χ1n) is 7.65. The SMILES string of the molecule is COc1ccc(/C=C2/O/C(=N/c3ccccc3)N(C)C2=O)c(OC)c1. The van der Waals surface area contributed by atoms with Gasteiger partial charge >= 0.3 is 6.02 Å². The van der Waals surface area contributed by atoms with Gasteiger partial charge in [-0.05, 0) is 30.3 Å². The second kappa shape index (κ2) is 7.09. The molecule has 1 fully saturated rings. The smallest absolute Gasteiger partial charge is 0.305 e. The van der Waals surface area contributed by atoms with Gasteiger partial charge in [0.15, 0.2) is 5.76 Å². The third-order valence-corrected chi connectivity index (χ3v) is 3.71. The van der Waals surface area contributed by atoms with Gasteiger partial charge in [-0.2, -0.15) is 4.99 Å². The number of nitrogens with zero attached hydrogens (tertiary/aromatic N) is 2. The fourth-order valence-electron chi connectivity index (χ4n) is 2.34. The zero-order chi connectivity index (χ0) is 17.8. The summed E-state index contributed by atoms with van der Waals surface area (Å²) in [5.74, 6) is 1.16. The van der Waals surface area contributed by atoms with Crippen LogP contribution in [0.3, 0.4) is 0 Å². The number of carbonyl (C=O) groups is 1. The minimum absolute atomic E-state index is 0.181. The molecule has 0 bridgehead atoms. The van der Waals surface area contributed by atoms with Crippen molar-refractivity contribution in [2.45, 2.75) is 0 Å². The number of amides is 1. The number of likely N-dealkylation sites (N-methyl/N-ethyl adjacent to an activating group) is 1. The molecule has 0 saturated carbocycles. The fourth-order valence-corrected chi connectivity index (χ4v) is 2.34. The first-order chi connectivity index (χ1) is 12.1. The highest BCUT2D eigenvalue weighted by atomic mass is 16.5. The van der Waals surface area contributed by atoms with E-state index in [1.165, 1.54) is 4.90 Å². The van der Waals surface area contributed by atoms with Gasteiger partial charge in [-0.3, -0.25) is 9.69 Å². The van der Waals surface area contributed by atoms with Crippen LogP contribution in [-0.2, 0) is 9.53 Å². The number of carbonyl (C=O) groups excluding carboxylic acids is 1. The van der Waals surface area contributed by atoms with Crippen LogP contribution in [0.25, 0.3) is 6.08 Å². The fraction of sp³-hybridized carbons (Fsp3) is 0.158. The van der Waals surface area contributed by atoms with Crippen LogP contribution in [0.4, 0.5) is 5.69 Å². The van der Waals surface area contributed by atoms with E-state index < -0.39 is 0 Å². The van der Waals surface area contributed by atoms with E-state index in [0.29, 0.717) is 22.7 Å². The van der Waals surface area contributed by atoms with Crippen molar-refractivity contribution in [3.8, 4) is 11.5 Å². The number of ether oxygens (including phenoxy) is 3. The number of methoxy groups -OCH3 is 2. The maximum absolute atomic E-state index is 12.4. The summed E-state index contributed by atoms with van der Waals surface area (Å²) in [4.78, 5) is 18.1. The lowest BCUT2D eigenvalue weighted by atomic mass is 10.1. The van der Waals surface area contributed by atoms with Crippen molar-refractivity contribution < 1.29 is 19.0 Å². The molecule has 128 valence electrons. The summed E-state index contributed by atoms with van der Waals surface area (Å²) in [5, 5.41) is 0. The molecule has 0 aromatic heterocycles. The summed E-state index contributed by atoms with van der Waals surface area (Å²) in [7, 11) is 4.76. The van der Waals surface area contributed by atoms with E-state index in [0.717, 1.165) is 0 Å². The monoisotopic (exact) mass is 338 g/mol. The molecule has 1 aliphatic heterocycles. The molecule has 0 radical (unpaired) electrons. The van der Waals surface area contributed by atoms with Crippen LogP contribution < -0.4 is 9.47 Å². The molecule has 2 aromatic carbocycles. The van der Waals surface area contributed by atoms with Crippen LogP contribution in [0.15, 0.2) is 59.3 Å². The van der Waals surface area contributed by atoms with E-state index in [1.807, 2.05) is 30.3 Å². The summed E-state index contributed by atoms with van der Waals surface area (Å²) in [6, 6.07) is 14.9. The molecule has 1 heterocycles. The van der Waals surface area contributed by atoms with Gasteiger partial charge in [-0.1, -0.05) is 18.2 Å². The van der Waals surface area contributed by atoms with E-state index in [2.05, 4.69) is 4.99 Å². The van der Waals surface area contributed by atoms with Crippen molar-refractivity contribution in [2.75, 3.05) is 21.3 Å². The summed E-state index contributed by atoms with van der Waals surface area (Å²) in [6.07, 6.45) is 1.63. The molecule has 0 N–H and O–H groups in total. The molecule has 1 amide bonds. The first kappa shape index (κ1) is 16.6. The van der Waals surface area contributed by atoms with Gasteiger partial charge in [0, 0.05) is 18.7 Å². The predicted octanol–water partition coefficient (Wildman–Crippen LogP) is 3.22. The number of aliphatic imine (C=N–C) groups is 1. The van der Waals surface area contributed by atoms with Crippen LogP contribution in [0.1, 0.15) is 5.56 Å². The van der Waals surface area contributed by atoms with Gasteiger partial charge in [0.1, 0.15) is 11.5 Å². The summed E-state index contributed by atoms with van der Waals surface area (Å²) in [5.41, 5.74) is 1.42. The van der Waals surface area contributed by atoms with Crippen molar-refractivity contribution in [1.29, 1.82) is 0 Å². The topological polar surface area (TPSA) is 60.4 Å². The van der Waals surface area contributed by atoms with E-state index in [1.54, 1.807) is 45.5 Å². The van der Waals surface area contributed by atoms with Gasteiger partial charge in [-0.15, -0.1) is 0 Å². The lowest BCUT2D eigenvalue weighted by Gasteiger charge is -2.07. The molecule has 2 aromatic rings. The average molecular weight is 338 g/mol. The third-order valence-electron chi connectivity index (χ3n) is 3.71. The van der Waals surface area contributed by atoms with E-state index in [-0.39, 0.29) is 17.7 Å². The second-order valence-corrected chi connectivity index (χ2v) is 5.31. The van der Waals surface area contributed by atoms with Gasteiger partial charge in [-0.25, -0.2) is 0 Å². The van der Waals surface area contributed by atoms with Crippen molar-refractivity contribution in [1.82, 2.24) is 4.90 Å². The van der Waals surface area contributed by atoms with Gasteiger partial charge < -0.3 is 14.2 Å². The number of rotatable bonds is 4. The van der Waals surface area contributed by atoms with Crippen molar-refractivity contribution >= 4 is 23.7 Å². The lowest BCUT2D eigenvalue weighted by molar-refractivity contribution is -0.122. The average Bonchev–Trinajstić information content (AvgIpc) is 2.91. The highest BCUT2D eigenvalue weighted by Crippen LogP contribution is 2.28. The molecule has 3 rings (SSSR count). The zero-order valence-corrected chi connectivity index (χ0v) is 14.2. The molecule has 0 spiro atoms. The highest BCUT2D eigenvalue weighted by Gasteiger charge is 2.32. The van der Waals surface area contributed by atoms with Gasteiger partial charge in [0.05, 0.1) is 19.9 Å². The Balaban J connectivity index is 1.92. The number of hydrogen-bond donors (Lipinski definition) is 0. The minimum atomic E-state index is -0.271. The molecule has 25 heavy (non-hydrogen) atoms. The third kappa shape index (κ3) is 3.47. The quantitative estimate of drug-likeness (QED) is 0.803. The molecule has 0 unspecified atom stereocenters. The zero-order valence-electron chi connectivity index (χ0n) is 14.2. The normalized spacial score (nSPS) is 17.1. The Kier molecular flexibility index (Phi) is 4.70. The highest BCUT2D eigenvalue weighted by molar-refractivity contribution is 6.11. The van der Waals surface area contributed by atoms with Crippen LogP contribution >= 0.6 is 0 Å². The van der Waals surface area contributed by atoms with Crippen LogP contribution in [-0.4, -0.2) is 38.1 Å². The molecule has 1 aliphatic rings. The minimum Gasteiger partial charge on any atom is -0.497 e. The second-order valence-electron chi connectivity index (χ2n) is 5.31. The van der Waals surface area contributed by atoms with Crippen LogP contribution in [0.2, 0.25) is 0 Å². The summed E-state index contributed by atoms with van der Waals surface area (Å²) >= 11 is 0. The van der Waals surface area contributed by atoms with E-state index in [4.69, 9.17) is 14.2 Å². The van der Waals surface area contributed by atoms with Crippen LogP contribution in [0, 0.1) is 0 Å². The molecule has 0 aliphatic carbocycles. The number of benzene rings is 2. The maximum atomic E-state index is 12.4. The summed E-state index contributed by atoms with van der Waals surface area (Å²) < 4.78 is 16.2. The Morgan fingerprint density at radius 3 is 2.52 bits per heavy atom. The van der Waals surface area contributed by atoms with Gasteiger partial charge in [0.25, 0.3) is 5.91 Å². The van der Waals surface area contributed by atoms with Crippen molar-refractivity contribution in [3.05, 3.63) is 59.9 Å². The molecule has 6 heteroatoms. The Hall–Kier alpha value is -3.28. The number of para-hydroxylation sites is 1. The van der Waals surface area contributed by atoms with Crippen molar-refractivity contribution in [2.24, 2.45) is 4.99 Å². The first-order valence-corrected chi connectivity index (χ1v) is 7.65. The van der Waals surface area contributed by atoms with E-state index in [9.17, 15) is 4.79 Å². The molecule has 6 nitrogen and oxygen atoms in total. The Morgan fingerprint density at radius 2 is 1.84 bits per heavy atom. The molecular weight excluding hydrogens is 320 g/mol. The van der Waals surface area contributed by atoms with Crippen LogP contribution in [0.5, 0.6) is 11.5 Å². The Morgan fingerprint density at radius 1 is 1.08 bits per heavy atom. The predicted molar refractivity (Wildman–Crippen MR) is 94.9 cm³/mol. The summed E-state index contributed by atoms with van der Waals surface area (Å²) in [6.45, 7) is 0. The number of hydrogen-bond acceptors (Lipinski definition) is 5. The largest absolute Gasteiger partial charge is 0.497 e. The molecular formula is C19H18N2O4. The van der Waals surface area contributed by atoms with Crippen molar-refractivity contribution in [3.63, 3.8) is 0 Å². The van der Waals surface area contributed by atoms with E-state index >= 15 is 0 Å². The Bertz CT molecular complexity index is 844. The molecule has 0 atom stereocenters. The maximum Gasteiger partial charge on any atom is 0.305 e.